The minimum absolute atomic E-state index is 0.0314. The molecule has 0 bridgehead atoms. The van der Waals surface area contributed by atoms with Gasteiger partial charge in [0, 0.05) is 22.9 Å². The highest BCUT2D eigenvalue weighted by molar-refractivity contribution is 6.33. The molecule has 6 rings (SSSR count). The standard InChI is InChI=1S/C40H44N4O4/c1-5-7-11-17-28(4)42(27(3)16-8-6-2)44-39(47)33-24-22-31-35-32(23-25-34(36(33)35)40(44)48)38(46)43(37(31)45)41(30-20-14-10-15-21-30)26-29-18-12-9-13-19-29/h9-10,12-15,18-25,27-28H,5-8,11,16-17,26H2,1-4H3. The molecule has 2 atom stereocenters. The summed E-state index contributed by atoms with van der Waals surface area (Å²) < 4.78 is 0. The van der Waals surface area contributed by atoms with E-state index in [1.54, 1.807) is 29.3 Å². The Morgan fingerprint density at radius 3 is 1.46 bits per heavy atom. The van der Waals surface area contributed by atoms with Crippen LogP contribution in [0.5, 0.6) is 0 Å². The molecule has 48 heavy (non-hydrogen) atoms. The van der Waals surface area contributed by atoms with Gasteiger partial charge >= 0.3 is 0 Å². The van der Waals surface area contributed by atoms with Crippen LogP contribution in [0, 0.1) is 0 Å². The van der Waals surface area contributed by atoms with Crippen LogP contribution in [0.15, 0.2) is 84.9 Å². The van der Waals surface area contributed by atoms with E-state index in [4.69, 9.17) is 0 Å². The Kier molecular flexibility index (Phi) is 9.73. The van der Waals surface area contributed by atoms with Crippen LogP contribution in [0.1, 0.15) is 120 Å². The molecule has 4 aromatic carbocycles. The molecule has 0 saturated carbocycles. The fourth-order valence-electron chi connectivity index (χ4n) is 7.19. The van der Waals surface area contributed by atoms with Gasteiger partial charge in [-0.15, -0.1) is 0 Å². The normalized spacial score (nSPS) is 15.4. The van der Waals surface area contributed by atoms with E-state index in [9.17, 15) is 19.2 Å². The third-order valence-electron chi connectivity index (χ3n) is 9.66. The zero-order valence-electron chi connectivity index (χ0n) is 28.3. The number of hydrazine groups is 2. The number of unbranched alkanes of at least 4 members (excludes halogenated alkanes) is 3. The van der Waals surface area contributed by atoms with E-state index in [-0.39, 0.29) is 29.8 Å². The Labute approximate surface area is 282 Å². The van der Waals surface area contributed by atoms with Crippen molar-refractivity contribution in [2.75, 3.05) is 5.01 Å². The fraction of sp³-hybridized carbons (Fsp3) is 0.350. The maximum atomic E-state index is 14.4. The van der Waals surface area contributed by atoms with Crippen LogP contribution in [0.4, 0.5) is 5.69 Å². The van der Waals surface area contributed by atoms with E-state index in [2.05, 4.69) is 27.7 Å². The predicted molar refractivity (Wildman–Crippen MR) is 188 cm³/mol. The first-order chi connectivity index (χ1) is 23.3. The lowest BCUT2D eigenvalue weighted by Crippen LogP contribution is -2.58. The van der Waals surface area contributed by atoms with Crippen molar-refractivity contribution in [3.05, 3.63) is 113 Å². The van der Waals surface area contributed by atoms with E-state index >= 15 is 0 Å². The van der Waals surface area contributed by atoms with Gasteiger partial charge < -0.3 is 0 Å². The molecule has 2 unspecified atom stereocenters. The van der Waals surface area contributed by atoms with Gasteiger partial charge in [-0.05, 0) is 68.7 Å². The van der Waals surface area contributed by atoms with Gasteiger partial charge in [0.05, 0.1) is 34.5 Å². The van der Waals surface area contributed by atoms with E-state index < -0.39 is 23.6 Å². The van der Waals surface area contributed by atoms with Gasteiger partial charge in [0.25, 0.3) is 23.6 Å². The molecule has 4 aromatic rings. The van der Waals surface area contributed by atoms with Crippen molar-refractivity contribution in [1.29, 1.82) is 0 Å². The fourth-order valence-corrected chi connectivity index (χ4v) is 7.19. The third-order valence-corrected chi connectivity index (χ3v) is 9.66. The molecule has 0 saturated heterocycles. The number of rotatable bonds is 14. The lowest BCUT2D eigenvalue weighted by Gasteiger charge is -2.44. The van der Waals surface area contributed by atoms with Crippen LogP contribution in [-0.2, 0) is 6.54 Å². The third kappa shape index (κ3) is 5.90. The molecule has 2 aliphatic rings. The van der Waals surface area contributed by atoms with Crippen molar-refractivity contribution in [1.82, 2.24) is 15.0 Å². The summed E-state index contributed by atoms with van der Waals surface area (Å²) in [5.41, 5.74) is 2.84. The van der Waals surface area contributed by atoms with Gasteiger partial charge in [0.2, 0.25) is 0 Å². The number of nitrogens with zero attached hydrogens (tertiary/aromatic N) is 4. The Balaban J connectivity index is 1.42. The second kappa shape index (κ2) is 14.1. The van der Waals surface area contributed by atoms with E-state index in [0.717, 1.165) is 50.5 Å². The second-order valence-corrected chi connectivity index (χ2v) is 13.0. The predicted octanol–water partition coefficient (Wildman–Crippen LogP) is 8.42. The molecule has 4 amide bonds. The van der Waals surface area contributed by atoms with E-state index in [1.165, 1.54) is 10.0 Å². The lowest BCUT2D eigenvalue weighted by atomic mass is 9.86. The zero-order valence-corrected chi connectivity index (χ0v) is 28.3. The summed E-state index contributed by atoms with van der Waals surface area (Å²) in [6.07, 6.45) is 6.90. The minimum Gasteiger partial charge on any atom is -0.271 e. The molecule has 8 heteroatoms. The second-order valence-electron chi connectivity index (χ2n) is 13.0. The Morgan fingerprint density at radius 1 is 0.542 bits per heavy atom. The Morgan fingerprint density at radius 2 is 0.979 bits per heavy atom. The number of amides is 4. The van der Waals surface area contributed by atoms with Crippen LogP contribution in [0.2, 0.25) is 0 Å². The number of imide groups is 2. The maximum Gasteiger partial charge on any atom is 0.280 e. The molecule has 0 radical (unpaired) electrons. The van der Waals surface area contributed by atoms with Crippen molar-refractivity contribution >= 4 is 40.1 Å². The summed E-state index contributed by atoms with van der Waals surface area (Å²) in [7, 11) is 0. The van der Waals surface area contributed by atoms with Crippen molar-refractivity contribution in [3.8, 4) is 0 Å². The van der Waals surface area contributed by atoms with E-state index in [0.29, 0.717) is 27.6 Å². The molecular weight excluding hydrogens is 600 g/mol. The molecule has 0 fully saturated rings. The largest absolute Gasteiger partial charge is 0.280 e. The monoisotopic (exact) mass is 644 g/mol. The first kappa shape index (κ1) is 33.1. The summed E-state index contributed by atoms with van der Waals surface area (Å²) in [4.78, 5) is 57.5. The van der Waals surface area contributed by atoms with Crippen LogP contribution in [0.3, 0.4) is 0 Å². The van der Waals surface area contributed by atoms with Crippen molar-refractivity contribution in [2.45, 2.75) is 91.3 Å². The van der Waals surface area contributed by atoms with Gasteiger partial charge in [-0.1, -0.05) is 94.5 Å². The van der Waals surface area contributed by atoms with Gasteiger partial charge in [-0.2, -0.15) is 5.01 Å². The first-order valence-corrected chi connectivity index (χ1v) is 17.3. The topological polar surface area (TPSA) is 81.2 Å². The average Bonchev–Trinajstić information content (AvgIpc) is 3.10. The van der Waals surface area contributed by atoms with Crippen molar-refractivity contribution in [3.63, 3.8) is 0 Å². The summed E-state index contributed by atoms with van der Waals surface area (Å²) >= 11 is 0. The SMILES string of the molecule is CCCCCC(C)N(C(C)CCCC)N1C(=O)c2ccc3c4c(ccc(c24)C1=O)C(=O)N(N(Cc1ccccc1)c1ccccc1)C3=O. The average molecular weight is 645 g/mol. The molecule has 2 heterocycles. The molecule has 0 aromatic heterocycles. The van der Waals surface area contributed by atoms with Gasteiger partial charge in [0.15, 0.2) is 0 Å². The summed E-state index contributed by atoms with van der Waals surface area (Å²) in [6.45, 7) is 8.76. The first-order valence-electron chi connectivity index (χ1n) is 17.3. The van der Waals surface area contributed by atoms with E-state index in [1.807, 2.05) is 65.7 Å². The highest BCUT2D eigenvalue weighted by Gasteiger charge is 2.44. The number of hydrogen-bond donors (Lipinski definition) is 0. The lowest BCUT2D eigenvalue weighted by molar-refractivity contribution is -0.0478. The quantitative estimate of drug-likeness (QED) is 0.101. The Bertz CT molecular complexity index is 1770. The highest BCUT2D eigenvalue weighted by Crippen LogP contribution is 2.40. The smallest absolute Gasteiger partial charge is 0.271 e. The van der Waals surface area contributed by atoms with Crippen molar-refractivity contribution < 1.29 is 19.2 Å². The molecule has 2 aliphatic heterocycles. The van der Waals surface area contributed by atoms with Gasteiger partial charge in [0.1, 0.15) is 0 Å². The van der Waals surface area contributed by atoms with Gasteiger partial charge in [-0.3, -0.25) is 24.2 Å². The zero-order chi connectivity index (χ0) is 33.9. The molecule has 0 spiro atoms. The van der Waals surface area contributed by atoms with Crippen LogP contribution >= 0.6 is 0 Å². The minimum atomic E-state index is -0.502. The number of carbonyl (C=O) groups excluding carboxylic acids is 4. The van der Waals surface area contributed by atoms with Crippen LogP contribution < -0.4 is 5.01 Å². The molecule has 0 aliphatic carbocycles. The molecule has 8 nitrogen and oxygen atoms in total. The summed E-state index contributed by atoms with van der Waals surface area (Å²) in [5, 5.41) is 6.95. The summed E-state index contributed by atoms with van der Waals surface area (Å²) in [6, 6.07) is 25.5. The maximum absolute atomic E-state index is 14.4. The van der Waals surface area contributed by atoms with Gasteiger partial charge in [-0.25, -0.2) is 10.0 Å². The molecular formula is C40H44N4O4. The van der Waals surface area contributed by atoms with Crippen LogP contribution in [-0.4, -0.2) is 50.7 Å². The van der Waals surface area contributed by atoms with Crippen molar-refractivity contribution in [2.24, 2.45) is 0 Å². The summed E-state index contributed by atoms with van der Waals surface area (Å²) in [5.74, 6) is -1.84. The Hall–Kier alpha value is -4.82. The molecule has 248 valence electrons. The number of anilines is 1. The number of hydrogen-bond acceptors (Lipinski definition) is 6. The number of para-hydroxylation sites is 1. The number of carbonyl (C=O) groups is 4. The highest BCUT2D eigenvalue weighted by atomic mass is 16.2. The van der Waals surface area contributed by atoms with Crippen LogP contribution in [0.25, 0.3) is 10.8 Å². The molecule has 0 N–H and O–H groups in total. The number of benzene rings is 4.